The highest BCUT2D eigenvalue weighted by molar-refractivity contribution is 5.31. The Balaban J connectivity index is 1.85. The molecule has 18 heavy (non-hydrogen) atoms. The van der Waals surface area contributed by atoms with Crippen LogP contribution in [0.5, 0.6) is 0 Å². The second-order valence-electron chi connectivity index (χ2n) is 7.68. The van der Waals surface area contributed by atoms with Crippen LogP contribution in [0.2, 0.25) is 0 Å². The largest absolute Gasteiger partial charge is 0.0622 e. The predicted molar refractivity (Wildman–Crippen MR) is 75.5 cm³/mol. The smallest absolute Gasteiger partial charge is 0.00109 e. The van der Waals surface area contributed by atoms with E-state index in [1.54, 1.807) is 5.56 Å². The molecule has 4 aliphatic carbocycles. The third kappa shape index (κ3) is 1.27. The van der Waals surface area contributed by atoms with Gasteiger partial charge in [0.05, 0.1) is 0 Å². The minimum absolute atomic E-state index is 0.514. The molecule has 0 saturated heterocycles. The maximum absolute atomic E-state index is 2.58. The van der Waals surface area contributed by atoms with Gasteiger partial charge < -0.3 is 0 Å². The van der Waals surface area contributed by atoms with Crippen molar-refractivity contribution in [2.75, 3.05) is 0 Å². The van der Waals surface area contributed by atoms with Crippen LogP contribution in [-0.4, -0.2) is 0 Å². The molecule has 0 nitrogen and oxygen atoms in total. The van der Waals surface area contributed by atoms with Gasteiger partial charge in [0.1, 0.15) is 0 Å². The fourth-order valence-electron chi connectivity index (χ4n) is 6.09. The van der Waals surface area contributed by atoms with Gasteiger partial charge in [0.25, 0.3) is 0 Å². The Kier molecular flexibility index (Phi) is 2.10. The van der Waals surface area contributed by atoms with E-state index in [0.717, 1.165) is 17.8 Å². The van der Waals surface area contributed by atoms with Gasteiger partial charge in [-0.25, -0.2) is 0 Å². The van der Waals surface area contributed by atoms with Crippen LogP contribution in [-0.2, 0) is 5.41 Å². The van der Waals surface area contributed by atoms with E-state index in [0.29, 0.717) is 10.8 Å². The van der Waals surface area contributed by atoms with Crippen molar-refractivity contribution in [1.29, 1.82) is 0 Å². The zero-order chi connectivity index (χ0) is 12.4. The number of hydrogen-bond donors (Lipinski definition) is 0. The minimum atomic E-state index is 0.514. The first-order valence-corrected chi connectivity index (χ1v) is 7.68. The van der Waals surface area contributed by atoms with Gasteiger partial charge in [-0.1, -0.05) is 44.2 Å². The molecule has 0 aromatic heterocycles. The molecule has 4 bridgehead atoms. The van der Waals surface area contributed by atoms with Crippen LogP contribution < -0.4 is 0 Å². The first-order chi connectivity index (χ1) is 8.62. The topological polar surface area (TPSA) is 0 Å². The van der Waals surface area contributed by atoms with Crippen molar-refractivity contribution >= 4 is 0 Å². The summed E-state index contributed by atoms with van der Waals surface area (Å²) in [5.41, 5.74) is 2.78. The zero-order valence-electron chi connectivity index (χ0n) is 11.7. The quantitative estimate of drug-likeness (QED) is 0.662. The molecule has 3 unspecified atom stereocenters. The fourth-order valence-corrected chi connectivity index (χ4v) is 6.09. The van der Waals surface area contributed by atoms with Gasteiger partial charge in [-0.2, -0.15) is 0 Å². The molecule has 0 aliphatic heterocycles. The molecule has 5 rings (SSSR count). The molecule has 0 spiro atoms. The molecular formula is C18H24. The van der Waals surface area contributed by atoms with E-state index < -0.39 is 0 Å². The van der Waals surface area contributed by atoms with Crippen molar-refractivity contribution in [2.24, 2.45) is 23.2 Å². The lowest BCUT2D eigenvalue weighted by Gasteiger charge is -2.65. The van der Waals surface area contributed by atoms with E-state index >= 15 is 0 Å². The van der Waals surface area contributed by atoms with Crippen molar-refractivity contribution in [2.45, 2.75) is 51.4 Å². The maximum Gasteiger partial charge on any atom is -0.00109 e. The molecule has 0 heteroatoms. The maximum atomic E-state index is 2.58. The minimum Gasteiger partial charge on any atom is -0.0622 e. The van der Waals surface area contributed by atoms with Crippen LogP contribution in [0.4, 0.5) is 0 Å². The normalized spacial score (nSPS) is 49.6. The molecule has 3 atom stereocenters. The monoisotopic (exact) mass is 240 g/mol. The molecule has 0 amide bonds. The summed E-state index contributed by atoms with van der Waals surface area (Å²) in [6, 6.07) is 11.4. The summed E-state index contributed by atoms with van der Waals surface area (Å²) in [5, 5.41) is 0. The lowest BCUT2D eigenvalue weighted by molar-refractivity contribution is -0.111. The van der Waals surface area contributed by atoms with Gasteiger partial charge in [-0.3, -0.25) is 0 Å². The Labute approximate surface area is 111 Å². The average molecular weight is 240 g/mol. The van der Waals surface area contributed by atoms with Crippen molar-refractivity contribution in [3.63, 3.8) is 0 Å². The number of hydrogen-bond acceptors (Lipinski definition) is 0. The Bertz CT molecular complexity index is 444. The van der Waals surface area contributed by atoms with Crippen LogP contribution in [0.1, 0.15) is 51.5 Å². The van der Waals surface area contributed by atoms with E-state index in [4.69, 9.17) is 0 Å². The van der Waals surface area contributed by atoms with E-state index in [1.165, 1.54) is 32.1 Å². The molecule has 1 aromatic carbocycles. The Morgan fingerprint density at radius 2 is 1.56 bits per heavy atom. The molecule has 4 saturated carbocycles. The summed E-state index contributed by atoms with van der Waals surface area (Å²) in [4.78, 5) is 0. The van der Waals surface area contributed by atoms with Crippen molar-refractivity contribution in [3.05, 3.63) is 35.9 Å². The Morgan fingerprint density at radius 1 is 0.944 bits per heavy atom. The number of benzene rings is 1. The van der Waals surface area contributed by atoms with E-state index in [9.17, 15) is 0 Å². The van der Waals surface area contributed by atoms with Crippen molar-refractivity contribution in [1.82, 2.24) is 0 Å². The molecule has 1 aromatic rings. The zero-order valence-corrected chi connectivity index (χ0v) is 11.7. The third-order valence-corrected chi connectivity index (χ3v) is 6.71. The number of rotatable bonds is 1. The highest BCUT2D eigenvalue weighted by Crippen LogP contribution is 2.68. The molecule has 4 fully saturated rings. The standard InChI is InChI=1S/C18H24/c1-13-17(2)9-14-8-15(10-17)12-18(13,11-14)16-6-4-3-5-7-16/h3-7,13-15H,8-12H2,1-2H3. The molecule has 4 aliphatic rings. The second kappa shape index (κ2) is 3.40. The summed E-state index contributed by atoms with van der Waals surface area (Å²) in [7, 11) is 0. The van der Waals surface area contributed by atoms with E-state index in [1.807, 2.05) is 0 Å². The van der Waals surface area contributed by atoms with Gasteiger partial charge in [-0.15, -0.1) is 0 Å². The van der Waals surface area contributed by atoms with E-state index in [2.05, 4.69) is 44.2 Å². The lowest BCUT2D eigenvalue weighted by atomic mass is 9.39. The molecule has 0 N–H and O–H groups in total. The molecule has 0 radical (unpaired) electrons. The van der Waals surface area contributed by atoms with Gasteiger partial charge in [0, 0.05) is 0 Å². The molecule has 0 heterocycles. The van der Waals surface area contributed by atoms with Gasteiger partial charge in [0.2, 0.25) is 0 Å². The molecule has 96 valence electrons. The van der Waals surface area contributed by atoms with Gasteiger partial charge in [-0.05, 0) is 66.3 Å². The van der Waals surface area contributed by atoms with Crippen LogP contribution in [0.25, 0.3) is 0 Å². The Hall–Kier alpha value is -0.780. The SMILES string of the molecule is CC1C2(C)CC3CC(C2)CC1(c1ccccc1)C3. The second-order valence-corrected chi connectivity index (χ2v) is 7.68. The summed E-state index contributed by atoms with van der Waals surface area (Å²) in [6.45, 7) is 5.12. The van der Waals surface area contributed by atoms with Crippen LogP contribution in [0.15, 0.2) is 30.3 Å². The third-order valence-electron chi connectivity index (χ3n) is 6.71. The van der Waals surface area contributed by atoms with Crippen LogP contribution in [0.3, 0.4) is 0 Å². The van der Waals surface area contributed by atoms with E-state index in [-0.39, 0.29) is 0 Å². The van der Waals surface area contributed by atoms with Crippen LogP contribution in [0, 0.1) is 23.2 Å². The first kappa shape index (κ1) is 11.1. The summed E-state index contributed by atoms with van der Waals surface area (Å²) in [5.74, 6) is 2.89. The Morgan fingerprint density at radius 3 is 2.17 bits per heavy atom. The lowest BCUT2D eigenvalue weighted by Crippen LogP contribution is -2.58. The summed E-state index contributed by atoms with van der Waals surface area (Å²) < 4.78 is 0. The van der Waals surface area contributed by atoms with Crippen molar-refractivity contribution < 1.29 is 0 Å². The highest BCUT2D eigenvalue weighted by atomic mass is 14.6. The fraction of sp³-hybridized carbons (Fsp3) is 0.667. The highest BCUT2D eigenvalue weighted by Gasteiger charge is 2.60. The van der Waals surface area contributed by atoms with Crippen LogP contribution >= 0.6 is 0 Å². The summed E-state index contributed by atoms with van der Waals surface area (Å²) in [6.07, 6.45) is 7.45. The summed E-state index contributed by atoms with van der Waals surface area (Å²) >= 11 is 0. The average Bonchev–Trinajstić information content (AvgIpc) is 2.36. The van der Waals surface area contributed by atoms with Crippen molar-refractivity contribution in [3.8, 4) is 0 Å². The van der Waals surface area contributed by atoms with Gasteiger partial charge >= 0.3 is 0 Å². The van der Waals surface area contributed by atoms with Gasteiger partial charge in [0.15, 0.2) is 0 Å². The predicted octanol–water partition coefficient (Wildman–Crippen LogP) is 4.79. The molecular weight excluding hydrogens is 216 g/mol. The first-order valence-electron chi connectivity index (χ1n) is 7.68.